The van der Waals surface area contributed by atoms with Crippen LogP contribution in [0.4, 0.5) is 0 Å². The van der Waals surface area contributed by atoms with Crippen molar-refractivity contribution >= 4 is 12.4 Å². The van der Waals surface area contributed by atoms with Crippen LogP contribution in [-0.4, -0.2) is 37.7 Å². The normalized spacial score (nSPS) is 20.2. The summed E-state index contributed by atoms with van der Waals surface area (Å²) in [5.74, 6) is 0.925. The quantitative estimate of drug-likeness (QED) is 0.911. The van der Waals surface area contributed by atoms with Crippen LogP contribution in [0.25, 0.3) is 0 Å². The van der Waals surface area contributed by atoms with Crippen LogP contribution in [0.2, 0.25) is 0 Å². The summed E-state index contributed by atoms with van der Waals surface area (Å²) in [6.45, 7) is 3.36. The fourth-order valence-corrected chi connectivity index (χ4v) is 2.37. The van der Waals surface area contributed by atoms with Gasteiger partial charge in [-0.2, -0.15) is 0 Å². The Balaban J connectivity index is 0.00000162. The first-order valence-corrected chi connectivity index (χ1v) is 6.39. The third-order valence-electron chi connectivity index (χ3n) is 3.42. The van der Waals surface area contributed by atoms with E-state index in [9.17, 15) is 0 Å². The molecule has 1 unspecified atom stereocenters. The molecule has 1 aromatic rings. The lowest BCUT2D eigenvalue weighted by atomic mass is 10.1. The minimum atomic E-state index is 0. The molecular weight excluding hydrogens is 248 g/mol. The van der Waals surface area contributed by atoms with Crippen molar-refractivity contribution in [3.63, 3.8) is 0 Å². The predicted molar refractivity (Wildman–Crippen MR) is 77.6 cm³/mol. The Hall–Kier alpha value is -0.770. The Morgan fingerprint density at radius 3 is 2.67 bits per heavy atom. The van der Waals surface area contributed by atoms with E-state index >= 15 is 0 Å². The standard InChI is InChI=1S/C14H22N2O.ClH/c1-17-14-6-4-12(5-7-14)8-10-16-9-2-3-13(15)11-16;/h4-7,13H,2-3,8-11,15H2,1H3;1H. The van der Waals surface area contributed by atoms with Crippen LogP contribution in [0.5, 0.6) is 5.75 Å². The summed E-state index contributed by atoms with van der Waals surface area (Å²) in [4.78, 5) is 2.47. The van der Waals surface area contributed by atoms with Crippen molar-refractivity contribution in [2.75, 3.05) is 26.7 Å². The first-order chi connectivity index (χ1) is 8.28. The van der Waals surface area contributed by atoms with Gasteiger partial charge in [-0.1, -0.05) is 12.1 Å². The highest BCUT2D eigenvalue weighted by Crippen LogP contribution is 2.13. The summed E-state index contributed by atoms with van der Waals surface area (Å²) in [6.07, 6.45) is 3.51. The fourth-order valence-electron chi connectivity index (χ4n) is 2.37. The van der Waals surface area contributed by atoms with Gasteiger partial charge >= 0.3 is 0 Å². The number of ether oxygens (including phenoxy) is 1. The van der Waals surface area contributed by atoms with Crippen molar-refractivity contribution in [1.82, 2.24) is 4.90 Å². The van der Waals surface area contributed by atoms with E-state index in [1.54, 1.807) is 7.11 Å². The van der Waals surface area contributed by atoms with E-state index < -0.39 is 0 Å². The summed E-state index contributed by atoms with van der Waals surface area (Å²) in [7, 11) is 1.70. The van der Waals surface area contributed by atoms with Crippen molar-refractivity contribution in [2.45, 2.75) is 25.3 Å². The first kappa shape index (κ1) is 15.3. The molecule has 18 heavy (non-hydrogen) atoms. The number of methoxy groups -OCH3 is 1. The molecule has 0 aromatic heterocycles. The molecule has 0 radical (unpaired) electrons. The van der Waals surface area contributed by atoms with Crippen LogP contribution in [0.3, 0.4) is 0 Å². The van der Waals surface area contributed by atoms with E-state index in [4.69, 9.17) is 10.5 Å². The Kier molecular flexibility index (Phi) is 6.47. The minimum Gasteiger partial charge on any atom is -0.497 e. The van der Waals surface area contributed by atoms with Gasteiger partial charge in [0.25, 0.3) is 0 Å². The maximum absolute atomic E-state index is 5.97. The summed E-state index contributed by atoms with van der Waals surface area (Å²) in [5, 5.41) is 0. The van der Waals surface area contributed by atoms with Gasteiger partial charge < -0.3 is 15.4 Å². The van der Waals surface area contributed by atoms with Crippen LogP contribution in [0.15, 0.2) is 24.3 Å². The number of rotatable bonds is 4. The van der Waals surface area contributed by atoms with Gasteiger partial charge in [-0.3, -0.25) is 0 Å². The lowest BCUT2D eigenvalue weighted by Crippen LogP contribution is -2.43. The zero-order valence-electron chi connectivity index (χ0n) is 11.0. The van der Waals surface area contributed by atoms with Crippen molar-refractivity contribution in [3.05, 3.63) is 29.8 Å². The molecule has 1 aromatic carbocycles. The second kappa shape index (κ2) is 7.62. The second-order valence-electron chi connectivity index (χ2n) is 4.80. The van der Waals surface area contributed by atoms with E-state index in [2.05, 4.69) is 17.0 Å². The summed E-state index contributed by atoms with van der Waals surface area (Å²) >= 11 is 0. The molecule has 0 aliphatic carbocycles. The maximum Gasteiger partial charge on any atom is 0.118 e. The molecule has 1 heterocycles. The fraction of sp³-hybridized carbons (Fsp3) is 0.571. The van der Waals surface area contributed by atoms with E-state index in [-0.39, 0.29) is 12.4 Å². The molecule has 4 heteroatoms. The van der Waals surface area contributed by atoms with Crippen LogP contribution in [0, 0.1) is 0 Å². The van der Waals surface area contributed by atoms with Crippen molar-refractivity contribution in [2.24, 2.45) is 5.73 Å². The monoisotopic (exact) mass is 270 g/mol. The molecule has 1 aliphatic rings. The van der Waals surface area contributed by atoms with Gasteiger partial charge in [0.1, 0.15) is 5.75 Å². The lowest BCUT2D eigenvalue weighted by Gasteiger charge is -2.30. The second-order valence-corrected chi connectivity index (χ2v) is 4.80. The highest BCUT2D eigenvalue weighted by atomic mass is 35.5. The Morgan fingerprint density at radius 1 is 1.33 bits per heavy atom. The number of halogens is 1. The van der Waals surface area contributed by atoms with Crippen LogP contribution in [-0.2, 0) is 6.42 Å². The maximum atomic E-state index is 5.97. The van der Waals surface area contributed by atoms with E-state index in [0.29, 0.717) is 6.04 Å². The SMILES string of the molecule is COc1ccc(CCN2CCCC(N)C2)cc1.Cl. The molecule has 1 aliphatic heterocycles. The molecule has 102 valence electrons. The van der Waals surface area contributed by atoms with E-state index in [1.807, 2.05) is 12.1 Å². The van der Waals surface area contributed by atoms with Gasteiger partial charge in [0, 0.05) is 19.1 Å². The molecule has 0 spiro atoms. The molecule has 0 saturated carbocycles. The van der Waals surface area contributed by atoms with Gasteiger partial charge in [-0.05, 0) is 43.5 Å². The number of hydrogen-bond acceptors (Lipinski definition) is 3. The molecule has 1 atom stereocenters. The van der Waals surface area contributed by atoms with Crippen LogP contribution >= 0.6 is 12.4 Å². The molecule has 2 rings (SSSR count). The van der Waals surface area contributed by atoms with Gasteiger partial charge in [-0.15, -0.1) is 12.4 Å². The molecule has 0 amide bonds. The molecule has 1 saturated heterocycles. The molecule has 1 fully saturated rings. The third-order valence-corrected chi connectivity index (χ3v) is 3.42. The van der Waals surface area contributed by atoms with Crippen molar-refractivity contribution < 1.29 is 4.74 Å². The van der Waals surface area contributed by atoms with Crippen molar-refractivity contribution in [3.8, 4) is 5.75 Å². The summed E-state index contributed by atoms with van der Waals surface area (Å²) < 4.78 is 5.15. The number of likely N-dealkylation sites (tertiary alicyclic amines) is 1. The topological polar surface area (TPSA) is 38.5 Å². The molecule has 0 bridgehead atoms. The molecular formula is C14H23ClN2O. The smallest absolute Gasteiger partial charge is 0.118 e. The summed E-state index contributed by atoms with van der Waals surface area (Å²) in [5.41, 5.74) is 7.34. The van der Waals surface area contributed by atoms with Gasteiger partial charge in [-0.25, -0.2) is 0 Å². The van der Waals surface area contributed by atoms with E-state index in [1.165, 1.54) is 24.9 Å². The number of piperidine rings is 1. The minimum absolute atomic E-state index is 0. The van der Waals surface area contributed by atoms with Gasteiger partial charge in [0.2, 0.25) is 0 Å². The third kappa shape index (κ3) is 4.48. The average Bonchev–Trinajstić information content (AvgIpc) is 2.37. The largest absolute Gasteiger partial charge is 0.497 e. The highest BCUT2D eigenvalue weighted by Gasteiger charge is 2.15. The molecule has 3 nitrogen and oxygen atoms in total. The zero-order valence-corrected chi connectivity index (χ0v) is 11.8. The Bertz CT molecular complexity index is 342. The number of nitrogens with zero attached hydrogens (tertiary/aromatic N) is 1. The van der Waals surface area contributed by atoms with Crippen LogP contribution in [0.1, 0.15) is 18.4 Å². The lowest BCUT2D eigenvalue weighted by molar-refractivity contribution is 0.211. The van der Waals surface area contributed by atoms with E-state index in [0.717, 1.165) is 25.3 Å². The first-order valence-electron chi connectivity index (χ1n) is 6.39. The highest BCUT2D eigenvalue weighted by molar-refractivity contribution is 5.85. The number of hydrogen-bond donors (Lipinski definition) is 1. The van der Waals surface area contributed by atoms with Crippen LogP contribution < -0.4 is 10.5 Å². The van der Waals surface area contributed by atoms with Gasteiger partial charge in [0.15, 0.2) is 0 Å². The average molecular weight is 271 g/mol. The Morgan fingerprint density at radius 2 is 2.06 bits per heavy atom. The van der Waals surface area contributed by atoms with Crippen molar-refractivity contribution in [1.29, 1.82) is 0 Å². The predicted octanol–water partition coefficient (Wildman–Crippen LogP) is 2.08. The molecule has 2 N–H and O–H groups in total. The number of benzene rings is 1. The van der Waals surface area contributed by atoms with Gasteiger partial charge in [0.05, 0.1) is 7.11 Å². The number of nitrogens with two attached hydrogens (primary N) is 1. The Labute approximate surface area is 116 Å². The zero-order chi connectivity index (χ0) is 12.1. The summed E-state index contributed by atoms with van der Waals surface area (Å²) in [6, 6.07) is 8.71.